The zero-order valence-electron chi connectivity index (χ0n) is 12.8. The summed E-state index contributed by atoms with van der Waals surface area (Å²) in [6.07, 6.45) is 0.325. The molecule has 0 aliphatic rings. The molecule has 0 bridgehead atoms. The third-order valence-electron chi connectivity index (χ3n) is 3.33. The van der Waals surface area contributed by atoms with Crippen molar-refractivity contribution in [1.29, 1.82) is 0 Å². The molecule has 1 amide bonds. The van der Waals surface area contributed by atoms with Gasteiger partial charge in [0.05, 0.1) is 19.1 Å². The maximum atomic E-state index is 11.9. The quantitative estimate of drug-likeness (QED) is 0.863. The second-order valence-corrected chi connectivity index (χ2v) is 5.69. The zero-order valence-corrected chi connectivity index (χ0v) is 13.6. The van der Waals surface area contributed by atoms with Crippen LogP contribution in [0.3, 0.4) is 0 Å². The standard InChI is InChI=1S/C18H20ClNO2/c1-13-4-3-5-17(12-13)22-11-10-18(21)20-14(2)15-6-8-16(19)9-7-15/h3-9,12,14H,10-11H2,1-2H3,(H,20,21). The van der Waals surface area contributed by atoms with Gasteiger partial charge in [0.15, 0.2) is 0 Å². The summed E-state index contributed by atoms with van der Waals surface area (Å²) in [5.74, 6) is 0.758. The lowest BCUT2D eigenvalue weighted by atomic mass is 10.1. The summed E-state index contributed by atoms with van der Waals surface area (Å²) in [5.41, 5.74) is 2.16. The first kappa shape index (κ1) is 16.4. The van der Waals surface area contributed by atoms with Gasteiger partial charge in [-0.15, -0.1) is 0 Å². The van der Waals surface area contributed by atoms with Crippen LogP contribution in [-0.2, 0) is 4.79 Å². The average Bonchev–Trinajstić information content (AvgIpc) is 2.48. The van der Waals surface area contributed by atoms with Crippen LogP contribution in [0.15, 0.2) is 48.5 Å². The molecule has 2 aromatic rings. The van der Waals surface area contributed by atoms with E-state index in [1.54, 1.807) is 0 Å². The molecule has 0 fully saturated rings. The summed E-state index contributed by atoms with van der Waals surface area (Å²) in [7, 11) is 0. The van der Waals surface area contributed by atoms with Gasteiger partial charge in [-0.3, -0.25) is 4.79 Å². The minimum atomic E-state index is -0.0521. The number of halogens is 1. The minimum absolute atomic E-state index is 0.0323. The molecule has 0 saturated heterocycles. The molecule has 2 rings (SSSR count). The number of carbonyl (C=O) groups is 1. The van der Waals surface area contributed by atoms with Gasteiger partial charge >= 0.3 is 0 Å². The van der Waals surface area contributed by atoms with Crippen molar-refractivity contribution in [1.82, 2.24) is 5.32 Å². The number of nitrogens with one attached hydrogen (secondary N) is 1. The molecule has 116 valence electrons. The van der Waals surface area contributed by atoms with Crippen molar-refractivity contribution < 1.29 is 9.53 Å². The maximum Gasteiger partial charge on any atom is 0.223 e. The molecule has 22 heavy (non-hydrogen) atoms. The van der Waals surface area contributed by atoms with Gasteiger partial charge in [0, 0.05) is 5.02 Å². The molecule has 2 aromatic carbocycles. The molecule has 1 unspecified atom stereocenters. The third-order valence-corrected chi connectivity index (χ3v) is 3.59. The number of hydrogen-bond acceptors (Lipinski definition) is 2. The van der Waals surface area contributed by atoms with Gasteiger partial charge in [0.25, 0.3) is 0 Å². The first-order valence-corrected chi connectivity index (χ1v) is 7.66. The van der Waals surface area contributed by atoms with Gasteiger partial charge in [-0.05, 0) is 49.2 Å². The Hall–Kier alpha value is -2.00. The van der Waals surface area contributed by atoms with Gasteiger partial charge in [0.2, 0.25) is 5.91 Å². The Morgan fingerprint density at radius 3 is 2.64 bits per heavy atom. The minimum Gasteiger partial charge on any atom is -0.493 e. The lowest BCUT2D eigenvalue weighted by Crippen LogP contribution is -2.27. The Labute approximate surface area is 136 Å². The van der Waals surface area contributed by atoms with E-state index in [0.29, 0.717) is 18.1 Å². The van der Waals surface area contributed by atoms with Crippen LogP contribution < -0.4 is 10.1 Å². The lowest BCUT2D eigenvalue weighted by Gasteiger charge is -2.14. The third kappa shape index (κ3) is 5.08. The van der Waals surface area contributed by atoms with Crippen LogP contribution in [0.2, 0.25) is 5.02 Å². The van der Waals surface area contributed by atoms with E-state index in [9.17, 15) is 4.79 Å². The number of carbonyl (C=O) groups excluding carboxylic acids is 1. The molecule has 0 aromatic heterocycles. The fourth-order valence-electron chi connectivity index (χ4n) is 2.12. The van der Waals surface area contributed by atoms with Gasteiger partial charge in [0.1, 0.15) is 5.75 Å². The van der Waals surface area contributed by atoms with E-state index in [1.807, 2.05) is 62.4 Å². The molecule has 0 radical (unpaired) electrons. The fraction of sp³-hybridized carbons (Fsp3) is 0.278. The molecular weight excluding hydrogens is 298 g/mol. The summed E-state index contributed by atoms with van der Waals surface area (Å²) < 4.78 is 5.58. The van der Waals surface area contributed by atoms with Crippen LogP contribution in [0.5, 0.6) is 5.75 Å². The predicted octanol–water partition coefficient (Wildman–Crippen LogP) is 4.29. The van der Waals surface area contributed by atoms with Crippen molar-refractivity contribution in [3.05, 3.63) is 64.7 Å². The Bertz CT molecular complexity index is 625. The molecule has 0 aliphatic heterocycles. The Balaban J connectivity index is 1.76. The largest absolute Gasteiger partial charge is 0.493 e. The summed E-state index contributed by atoms with van der Waals surface area (Å²) in [6.45, 7) is 4.32. The predicted molar refractivity (Wildman–Crippen MR) is 89.3 cm³/mol. The normalized spacial score (nSPS) is 11.8. The summed E-state index contributed by atoms with van der Waals surface area (Å²) in [4.78, 5) is 11.9. The fourth-order valence-corrected chi connectivity index (χ4v) is 2.24. The van der Waals surface area contributed by atoms with E-state index >= 15 is 0 Å². The molecule has 0 spiro atoms. The van der Waals surface area contributed by atoms with Gasteiger partial charge in [-0.25, -0.2) is 0 Å². The van der Waals surface area contributed by atoms with E-state index in [2.05, 4.69) is 5.32 Å². The van der Waals surface area contributed by atoms with Gasteiger partial charge in [-0.2, -0.15) is 0 Å². The van der Waals surface area contributed by atoms with E-state index < -0.39 is 0 Å². The van der Waals surface area contributed by atoms with Crippen LogP contribution in [0.1, 0.15) is 30.5 Å². The number of benzene rings is 2. The highest BCUT2D eigenvalue weighted by Crippen LogP contribution is 2.16. The number of aryl methyl sites for hydroxylation is 1. The number of ether oxygens (including phenoxy) is 1. The first-order valence-electron chi connectivity index (χ1n) is 7.29. The smallest absolute Gasteiger partial charge is 0.223 e. The molecule has 4 heteroatoms. The summed E-state index contributed by atoms with van der Waals surface area (Å²) >= 11 is 5.86. The topological polar surface area (TPSA) is 38.3 Å². The van der Waals surface area contributed by atoms with Crippen molar-refractivity contribution in [2.75, 3.05) is 6.61 Å². The van der Waals surface area contributed by atoms with Crippen molar-refractivity contribution in [2.24, 2.45) is 0 Å². The van der Waals surface area contributed by atoms with Crippen LogP contribution in [0.25, 0.3) is 0 Å². The van der Waals surface area contributed by atoms with E-state index in [1.165, 1.54) is 0 Å². The Kier molecular flexibility index (Phi) is 5.84. The SMILES string of the molecule is Cc1cccc(OCCC(=O)NC(C)c2ccc(Cl)cc2)c1. The maximum absolute atomic E-state index is 11.9. The van der Waals surface area contributed by atoms with Crippen LogP contribution in [-0.4, -0.2) is 12.5 Å². The Morgan fingerprint density at radius 1 is 1.23 bits per heavy atom. The number of rotatable bonds is 6. The van der Waals surface area contributed by atoms with Crippen LogP contribution >= 0.6 is 11.6 Å². The first-order chi connectivity index (χ1) is 10.5. The van der Waals surface area contributed by atoms with Crippen LogP contribution in [0.4, 0.5) is 0 Å². The number of hydrogen-bond donors (Lipinski definition) is 1. The Morgan fingerprint density at radius 2 is 1.95 bits per heavy atom. The molecular formula is C18H20ClNO2. The summed E-state index contributed by atoms with van der Waals surface area (Å²) in [5, 5.41) is 3.64. The van der Waals surface area contributed by atoms with Gasteiger partial charge in [-0.1, -0.05) is 35.9 Å². The molecule has 0 heterocycles. The van der Waals surface area contributed by atoms with E-state index in [0.717, 1.165) is 16.9 Å². The molecule has 0 aliphatic carbocycles. The highest BCUT2D eigenvalue weighted by atomic mass is 35.5. The van der Waals surface area contributed by atoms with Crippen molar-refractivity contribution in [3.8, 4) is 5.75 Å². The van der Waals surface area contributed by atoms with E-state index in [-0.39, 0.29) is 11.9 Å². The molecule has 3 nitrogen and oxygen atoms in total. The molecule has 1 N–H and O–H groups in total. The summed E-state index contributed by atoms with van der Waals surface area (Å²) in [6, 6.07) is 15.2. The van der Waals surface area contributed by atoms with Crippen LogP contribution in [0, 0.1) is 6.92 Å². The van der Waals surface area contributed by atoms with E-state index in [4.69, 9.17) is 16.3 Å². The second-order valence-electron chi connectivity index (χ2n) is 5.26. The number of amides is 1. The van der Waals surface area contributed by atoms with Crippen molar-refractivity contribution >= 4 is 17.5 Å². The second kappa shape index (κ2) is 7.85. The highest BCUT2D eigenvalue weighted by Gasteiger charge is 2.09. The average molecular weight is 318 g/mol. The molecule has 0 saturated carbocycles. The zero-order chi connectivity index (χ0) is 15.9. The highest BCUT2D eigenvalue weighted by molar-refractivity contribution is 6.30. The van der Waals surface area contributed by atoms with Gasteiger partial charge < -0.3 is 10.1 Å². The van der Waals surface area contributed by atoms with Crippen molar-refractivity contribution in [3.63, 3.8) is 0 Å². The molecule has 1 atom stereocenters. The monoisotopic (exact) mass is 317 g/mol. The lowest BCUT2D eigenvalue weighted by molar-refractivity contribution is -0.122. The van der Waals surface area contributed by atoms with Crippen molar-refractivity contribution in [2.45, 2.75) is 26.3 Å².